The Hall–Kier alpha value is -1.20. The van der Waals surface area contributed by atoms with Gasteiger partial charge in [-0.15, -0.1) is 0 Å². The first-order valence-electron chi connectivity index (χ1n) is 8.69. The molecule has 0 saturated heterocycles. The lowest BCUT2D eigenvalue weighted by molar-refractivity contribution is 0.170. The molecule has 5 nitrogen and oxygen atoms in total. The zero-order chi connectivity index (χ0) is 18.9. The van der Waals surface area contributed by atoms with Crippen LogP contribution in [-0.4, -0.2) is 29.6 Å². The van der Waals surface area contributed by atoms with Gasteiger partial charge in [-0.05, 0) is 49.7 Å². The zero-order valence-corrected chi connectivity index (χ0v) is 17.4. The monoisotopic (exact) mass is 383 g/mol. The van der Waals surface area contributed by atoms with Crippen LogP contribution in [0.25, 0.3) is 0 Å². The number of nitriles is 1. The Morgan fingerprint density at radius 1 is 1.20 bits per heavy atom. The average molecular weight is 384 g/mol. The first-order valence-corrected chi connectivity index (χ1v) is 13.6. The molecule has 0 aliphatic heterocycles. The van der Waals surface area contributed by atoms with Crippen LogP contribution in [0.15, 0.2) is 24.3 Å². The van der Waals surface area contributed by atoms with Crippen LogP contribution in [0, 0.1) is 11.3 Å². The summed E-state index contributed by atoms with van der Waals surface area (Å²) >= 11 is 0. The summed E-state index contributed by atoms with van der Waals surface area (Å²) in [7, 11) is -5.22. The summed E-state index contributed by atoms with van der Waals surface area (Å²) in [5, 5.41) is 8.95. The first kappa shape index (κ1) is 21.8. The fourth-order valence-electron chi connectivity index (χ4n) is 2.59. The van der Waals surface area contributed by atoms with Crippen LogP contribution in [0.2, 0.25) is 19.1 Å². The normalized spacial score (nSPS) is 13.4. The lowest BCUT2D eigenvalue weighted by atomic mass is 10.0. The third-order valence-corrected chi connectivity index (χ3v) is 6.99. The molecule has 0 aliphatic rings. The van der Waals surface area contributed by atoms with Gasteiger partial charge in [-0.25, -0.2) is 0 Å². The lowest BCUT2D eigenvalue weighted by Crippen LogP contribution is -2.32. The van der Waals surface area contributed by atoms with Crippen molar-refractivity contribution < 1.29 is 17.0 Å². The SMILES string of the molecule is CCCC[Si](C)(C)O[C@H](CCCOS(C)(=O)=O)c1ccc(C#N)cc1. The number of benzene rings is 1. The highest BCUT2D eigenvalue weighted by molar-refractivity contribution is 7.85. The molecule has 0 spiro atoms. The molecule has 25 heavy (non-hydrogen) atoms. The van der Waals surface area contributed by atoms with Gasteiger partial charge >= 0.3 is 0 Å². The van der Waals surface area contributed by atoms with Gasteiger partial charge in [0.15, 0.2) is 8.32 Å². The van der Waals surface area contributed by atoms with Crippen molar-refractivity contribution >= 4 is 18.4 Å². The highest BCUT2D eigenvalue weighted by Gasteiger charge is 2.27. The van der Waals surface area contributed by atoms with E-state index in [0.717, 1.165) is 30.7 Å². The highest BCUT2D eigenvalue weighted by atomic mass is 32.2. The van der Waals surface area contributed by atoms with E-state index in [1.807, 2.05) is 12.1 Å². The van der Waals surface area contributed by atoms with Crippen LogP contribution in [0.4, 0.5) is 0 Å². The molecule has 0 aliphatic carbocycles. The summed E-state index contributed by atoms with van der Waals surface area (Å²) in [6.45, 7) is 6.76. The maximum Gasteiger partial charge on any atom is 0.264 e. The van der Waals surface area contributed by atoms with Crippen LogP contribution in [-0.2, 0) is 18.7 Å². The lowest BCUT2D eigenvalue weighted by Gasteiger charge is -2.30. The van der Waals surface area contributed by atoms with Gasteiger partial charge in [-0.3, -0.25) is 4.18 Å². The van der Waals surface area contributed by atoms with Crippen molar-refractivity contribution in [3.8, 4) is 6.07 Å². The van der Waals surface area contributed by atoms with Crippen LogP contribution in [0.5, 0.6) is 0 Å². The van der Waals surface area contributed by atoms with Crippen LogP contribution >= 0.6 is 0 Å². The molecule has 0 fully saturated rings. The van der Waals surface area contributed by atoms with E-state index in [1.165, 1.54) is 0 Å². The molecule has 0 N–H and O–H groups in total. The quantitative estimate of drug-likeness (QED) is 0.322. The molecule has 0 unspecified atom stereocenters. The van der Waals surface area contributed by atoms with E-state index < -0.39 is 18.4 Å². The fraction of sp³-hybridized carbons (Fsp3) is 0.611. The molecule has 0 radical (unpaired) electrons. The summed E-state index contributed by atoms with van der Waals surface area (Å²) in [5.74, 6) is 0. The van der Waals surface area contributed by atoms with Crippen molar-refractivity contribution in [3.63, 3.8) is 0 Å². The van der Waals surface area contributed by atoms with Crippen LogP contribution in [0.1, 0.15) is 49.8 Å². The summed E-state index contributed by atoms with van der Waals surface area (Å²) < 4.78 is 33.5. The second-order valence-electron chi connectivity index (χ2n) is 6.87. The van der Waals surface area contributed by atoms with Crippen molar-refractivity contribution in [3.05, 3.63) is 35.4 Å². The Labute approximate surface area is 153 Å². The van der Waals surface area contributed by atoms with E-state index in [2.05, 4.69) is 26.1 Å². The van der Waals surface area contributed by atoms with E-state index in [4.69, 9.17) is 13.9 Å². The van der Waals surface area contributed by atoms with Gasteiger partial charge in [0.1, 0.15) is 0 Å². The zero-order valence-electron chi connectivity index (χ0n) is 15.6. The summed E-state index contributed by atoms with van der Waals surface area (Å²) in [4.78, 5) is 0. The number of hydrogen-bond acceptors (Lipinski definition) is 5. The smallest absolute Gasteiger partial charge is 0.264 e. The number of hydrogen-bond donors (Lipinski definition) is 0. The molecule has 1 aromatic carbocycles. The van der Waals surface area contributed by atoms with Gasteiger partial charge in [-0.2, -0.15) is 13.7 Å². The Bertz CT molecular complexity index is 665. The molecular weight excluding hydrogens is 354 g/mol. The van der Waals surface area contributed by atoms with Gasteiger partial charge in [0.2, 0.25) is 0 Å². The van der Waals surface area contributed by atoms with Gasteiger partial charge in [0.05, 0.1) is 30.6 Å². The Kier molecular flexibility index (Phi) is 8.80. The van der Waals surface area contributed by atoms with E-state index in [0.29, 0.717) is 18.4 Å². The standard InChI is InChI=1S/C18H29NO4SSi/c1-5-6-14-25(3,4)23-18(8-7-13-22-24(2,20)21)17-11-9-16(15-19)10-12-17/h9-12,18H,5-8,13-14H2,1-4H3/t18-/m1/s1. The summed E-state index contributed by atoms with van der Waals surface area (Å²) in [5.41, 5.74) is 1.64. The topological polar surface area (TPSA) is 76.4 Å². The molecule has 0 amide bonds. The minimum atomic E-state index is -3.41. The molecule has 1 atom stereocenters. The Balaban J connectivity index is 2.80. The van der Waals surface area contributed by atoms with E-state index >= 15 is 0 Å². The average Bonchev–Trinajstić information content (AvgIpc) is 2.55. The second kappa shape index (κ2) is 10.1. The third kappa shape index (κ3) is 9.17. The van der Waals surface area contributed by atoms with Crippen molar-refractivity contribution in [1.29, 1.82) is 5.26 Å². The van der Waals surface area contributed by atoms with Crippen molar-refractivity contribution in [2.75, 3.05) is 12.9 Å². The first-order chi connectivity index (χ1) is 11.7. The van der Waals surface area contributed by atoms with Crippen LogP contribution in [0.3, 0.4) is 0 Å². The molecule has 0 saturated carbocycles. The van der Waals surface area contributed by atoms with Gasteiger partial charge in [0, 0.05) is 0 Å². The molecule has 1 aromatic rings. The summed E-state index contributed by atoms with van der Waals surface area (Å²) in [6.07, 6.45) is 4.52. The number of rotatable bonds is 11. The maximum atomic E-state index is 11.1. The Morgan fingerprint density at radius 2 is 1.84 bits per heavy atom. The molecule has 1 rings (SSSR count). The predicted octanol–water partition coefficient (Wildman–Crippen LogP) is 4.38. The maximum absolute atomic E-state index is 11.1. The van der Waals surface area contributed by atoms with E-state index in [9.17, 15) is 8.42 Å². The molecule has 0 aromatic heterocycles. The summed E-state index contributed by atoms with van der Waals surface area (Å²) in [6, 6.07) is 10.6. The molecule has 7 heteroatoms. The van der Waals surface area contributed by atoms with E-state index in [-0.39, 0.29) is 12.7 Å². The highest BCUT2D eigenvalue weighted by Crippen LogP contribution is 2.29. The van der Waals surface area contributed by atoms with Crippen molar-refractivity contribution in [1.82, 2.24) is 0 Å². The van der Waals surface area contributed by atoms with Gasteiger partial charge in [-0.1, -0.05) is 31.9 Å². The predicted molar refractivity (Wildman–Crippen MR) is 102 cm³/mol. The molecule has 0 heterocycles. The number of unbranched alkanes of at least 4 members (excludes halogenated alkanes) is 1. The van der Waals surface area contributed by atoms with Crippen molar-refractivity contribution in [2.45, 2.75) is 57.8 Å². The van der Waals surface area contributed by atoms with Gasteiger partial charge < -0.3 is 4.43 Å². The Morgan fingerprint density at radius 3 is 2.36 bits per heavy atom. The number of nitrogens with zero attached hydrogens (tertiary/aromatic N) is 1. The van der Waals surface area contributed by atoms with E-state index in [1.54, 1.807) is 12.1 Å². The third-order valence-electron chi connectivity index (χ3n) is 3.91. The van der Waals surface area contributed by atoms with Crippen LogP contribution < -0.4 is 0 Å². The van der Waals surface area contributed by atoms with Crippen molar-refractivity contribution in [2.24, 2.45) is 0 Å². The second-order valence-corrected chi connectivity index (χ2v) is 12.8. The largest absolute Gasteiger partial charge is 0.410 e. The fourth-order valence-corrected chi connectivity index (χ4v) is 5.36. The van der Waals surface area contributed by atoms with Gasteiger partial charge in [0.25, 0.3) is 10.1 Å². The molecular formula is C18H29NO4SSi. The molecule has 0 bridgehead atoms. The minimum absolute atomic E-state index is 0.102. The molecule has 140 valence electrons. The minimum Gasteiger partial charge on any atom is -0.410 e.